The third-order valence-corrected chi connectivity index (χ3v) is 2.14. The number of rotatable bonds is 2. The van der Waals surface area contributed by atoms with Gasteiger partial charge in [0.2, 0.25) is 0 Å². The second kappa shape index (κ2) is 4.00. The molecule has 0 unspecified atom stereocenters. The number of hydrogen-bond donors (Lipinski definition) is 1. The van der Waals surface area contributed by atoms with Crippen LogP contribution in [-0.4, -0.2) is 6.54 Å². The molecule has 1 nitrogen and oxygen atoms in total. The average molecular weight is 203 g/mol. The predicted molar refractivity (Wildman–Crippen MR) is 48.9 cm³/mol. The van der Waals surface area contributed by atoms with Crippen LogP contribution >= 0.6 is 0 Å². The third kappa shape index (κ3) is 2.48. The summed E-state index contributed by atoms with van der Waals surface area (Å²) in [6, 6.07) is 5.28. The van der Waals surface area contributed by atoms with Gasteiger partial charge in [0.15, 0.2) is 0 Å². The van der Waals surface area contributed by atoms with Gasteiger partial charge < -0.3 is 5.73 Å². The normalized spacial score (nSPS) is 14.1. The van der Waals surface area contributed by atoms with E-state index in [1.807, 2.05) is 0 Å². The van der Waals surface area contributed by atoms with Gasteiger partial charge in [-0.25, -0.2) is 0 Å². The molecule has 1 rings (SSSR count). The molecule has 1 aromatic rings. The van der Waals surface area contributed by atoms with Crippen LogP contribution in [0.4, 0.5) is 13.2 Å². The van der Waals surface area contributed by atoms with Gasteiger partial charge in [-0.15, -0.1) is 0 Å². The number of nitrogens with two attached hydrogens (primary N) is 1. The molecule has 0 spiro atoms. The van der Waals surface area contributed by atoms with Gasteiger partial charge in [-0.3, -0.25) is 0 Å². The first-order valence-corrected chi connectivity index (χ1v) is 4.32. The van der Waals surface area contributed by atoms with Crippen LogP contribution < -0.4 is 5.73 Å². The van der Waals surface area contributed by atoms with Crippen molar-refractivity contribution in [3.8, 4) is 0 Å². The number of alkyl halides is 3. The van der Waals surface area contributed by atoms with E-state index < -0.39 is 11.7 Å². The predicted octanol–water partition coefficient (Wildman–Crippen LogP) is 2.77. The van der Waals surface area contributed by atoms with Crippen molar-refractivity contribution in [1.82, 2.24) is 0 Å². The Bertz CT molecular complexity index is 306. The number of halogens is 3. The fraction of sp³-hybridized carbons (Fsp3) is 0.400. The van der Waals surface area contributed by atoms with Crippen LogP contribution in [0.5, 0.6) is 0 Å². The molecule has 0 aromatic heterocycles. The maximum atomic E-state index is 12.3. The van der Waals surface area contributed by atoms with Crippen molar-refractivity contribution in [2.75, 3.05) is 6.54 Å². The molecule has 0 aliphatic rings. The van der Waals surface area contributed by atoms with Crippen molar-refractivity contribution in [2.45, 2.75) is 19.0 Å². The van der Waals surface area contributed by atoms with E-state index >= 15 is 0 Å². The van der Waals surface area contributed by atoms with Gasteiger partial charge in [-0.1, -0.05) is 25.1 Å². The first-order valence-electron chi connectivity index (χ1n) is 4.32. The van der Waals surface area contributed by atoms with Crippen LogP contribution in [0.3, 0.4) is 0 Å². The summed E-state index contributed by atoms with van der Waals surface area (Å²) in [6.07, 6.45) is -4.27. The van der Waals surface area contributed by atoms with Gasteiger partial charge in [-0.2, -0.15) is 13.2 Å². The zero-order valence-corrected chi connectivity index (χ0v) is 7.81. The molecule has 0 bridgehead atoms. The van der Waals surface area contributed by atoms with Gasteiger partial charge in [0.25, 0.3) is 0 Å². The highest BCUT2D eigenvalue weighted by molar-refractivity contribution is 5.28. The lowest BCUT2D eigenvalue weighted by Gasteiger charge is -2.12. The van der Waals surface area contributed by atoms with Crippen molar-refractivity contribution in [3.05, 3.63) is 35.4 Å². The van der Waals surface area contributed by atoms with Crippen molar-refractivity contribution < 1.29 is 13.2 Å². The molecular weight excluding hydrogens is 191 g/mol. The molecule has 0 radical (unpaired) electrons. The highest BCUT2D eigenvalue weighted by Gasteiger charge is 2.30. The molecule has 0 saturated carbocycles. The van der Waals surface area contributed by atoms with Gasteiger partial charge in [0, 0.05) is 0 Å². The van der Waals surface area contributed by atoms with Crippen LogP contribution in [0.25, 0.3) is 0 Å². The van der Waals surface area contributed by atoms with Gasteiger partial charge in [0.1, 0.15) is 0 Å². The Kier molecular flexibility index (Phi) is 3.16. The zero-order chi connectivity index (χ0) is 10.8. The van der Waals surface area contributed by atoms with Gasteiger partial charge >= 0.3 is 6.18 Å². The van der Waals surface area contributed by atoms with Gasteiger partial charge in [0.05, 0.1) is 5.56 Å². The molecule has 1 aromatic carbocycles. The van der Waals surface area contributed by atoms with Crippen LogP contribution in [-0.2, 0) is 6.18 Å². The average Bonchev–Trinajstić information content (AvgIpc) is 2.15. The molecule has 0 amide bonds. The van der Waals surface area contributed by atoms with E-state index in [2.05, 4.69) is 0 Å². The molecule has 0 fully saturated rings. The smallest absolute Gasteiger partial charge is 0.330 e. The van der Waals surface area contributed by atoms with Crippen molar-refractivity contribution in [3.63, 3.8) is 0 Å². The molecule has 0 aliphatic heterocycles. The number of benzene rings is 1. The maximum absolute atomic E-state index is 12.3. The van der Waals surface area contributed by atoms with Crippen LogP contribution in [0.15, 0.2) is 24.3 Å². The van der Waals surface area contributed by atoms with Gasteiger partial charge in [-0.05, 0) is 24.1 Å². The van der Waals surface area contributed by atoms with E-state index in [9.17, 15) is 13.2 Å². The summed E-state index contributed by atoms with van der Waals surface area (Å²) in [5.41, 5.74) is 5.39. The van der Waals surface area contributed by atoms with E-state index in [4.69, 9.17) is 5.73 Å². The summed E-state index contributed by atoms with van der Waals surface area (Å²) < 4.78 is 36.9. The third-order valence-electron chi connectivity index (χ3n) is 2.14. The van der Waals surface area contributed by atoms with E-state index in [1.54, 1.807) is 13.0 Å². The molecule has 4 heteroatoms. The topological polar surface area (TPSA) is 26.0 Å². The Morgan fingerprint density at radius 1 is 1.36 bits per heavy atom. The lowest BCUT2D eigenvalue weighted by atomic mass is 9.99. The second-order valence-electron chi connectivity index (χ2n) is 3.26. The molecule has 0 aliphatic carbocycles. The minimum atomic E-state index is -4.27. The highest BCUT2D eigenvalue weighted by Crippen LogP contribution is 2.30. The van der Waals surface area contributed by atoms with E-state index in [1.165, 1.54) is 6.07 Å². The first kappa shape index (κ1) is 11.0. The van der Waals surface area contributed by atoms with E-state index in [0.29, 0.717) is 12.1 Å². The summed E-state index contributed by atoms with van der Waals surface area (Å²) in [6.45, 7) is 2.15. The fourth-order valence-corrected chi connectivity index (χ4v) is 1.16. The van der Waals surface area contributed by atoms with Crippen molar-refractivity contribution in [2.24, 2.45) is 5.73 Å². The summed E-state index contributed by atoms with van der Waals surface area (Å²) in [5, 5.41) is 0. The Hall–Kier alpha value is -1.03. The van der Waals surface area contributed by atoms with E-state index in [0.717, 1.165) is 12.1 Å². The SMILES string of the molecule is C[C@H](CN)c1cccc(C(F)(F)F)c1. The molecule has 14 heavy (non-hydrogen) atoms. The number of hydrogen-bond acceptors (Lipinski definition) is 1. The van der Waals surface area contributed by atoms with Crippen molar-refractivity contribution >= 4 is 0 Å². The van der Waals surface area contributed by atoms with Crippen LogP contribution in [0, 0.1) is 0 Å². The van der Waals surface area contributed by atoms with Crippen molar-refractivity contribution in [1.29, 1.82) is 0 Å². The maximum Gasteiger partial charge on any atom is 0.416 e. The first-order chi connectivity index (χ1) is 6.45. The lowest BCUT2D eigenvalue weighted by Crippen LogP contribution is -2.11. The van der Waals surface area contributed by atoms with Crippen LogP contribution in [0.1, 0.15) is 24.0 Å². The molecule has 78 valence electrons. The summed E-state index contributed by atoms with van der Waals surface area (Å²) >= 11 is 0. The molecular formula is C10H12F3N. The highest BCUT2D eigenvalue weighted by atomic mass is 19.4. The Balaban J connectivity index is 3.01. The minimum absolute atomic E-state index is 0.0442. The Morgan fingerprint density at radius 2 is 2.00 bits per heavy atom. The van der Waals surface area contributed by atoms with Crippen LogP contribution in [0.2, 0.25) is 0 Å². The minimum Gasteiger partial charge on any atom is -0.330 e. The molecule has 0 heterocycles. The summed E-state index contributed by atoms with van der Waals surface area (Å²) in [5.74, 6) is -0.0442. The van der Waals surface area contributed by atoms with E-state index in [-0.39, 0.29) is 5.92 Å². The summed E-state index contributed by atoms with van der Waals surface area (Å²) in [7, 11) is 0. The molecule has 0 saturated heterocycles. The molecule has 2 N–H and O–H groups in total. The monoisotopic (exact) mass is 203 g/mol. The Morgan fingerprint density at radius 3 is 2.50 bits per heavy atom. The molecule has 1 atom stereocenters. The quantitative estimate of drug-likeness (QED) is 0.785. The standard InChI is InChI=1S/C10H12F3N/c1-7(6-14)8-3-2-4-9(5-8)10(11,12)13/h2-5,7H,6,14H2,1H3/t7-/m1/s1. The fourth-order valence-electron chi connectivity index (χ4n) is 1.16. The zero-order valence-electron chi connectivity index (χ0n) is 7.81. The summed E-state index contributed by atoms with van der Waals surface area (Å²) in [4.78, 5) is 0. The Labute approximate surface area is 80.7 Å². The largest absolute Gasteiger partial charge is 0.416 e. The second-order valence-corrected chi connectivity index (χ2v) is 3.26. The lowest BCUT2D eigenvalue weighted by molar-refractivity contribution is -0.137.